The van der Waals surface area contributed by atoms with Crippen molar-refractivity contribution < 1.29 is 4.79 Å². The first-order valence-electron chi connectivity index (χ1n) is 6.97. The minimum atomic E-state index is -0.0163. The molecule has 4 nitrogen and oxygen atoms in total. The number of amides is 1. The van der Waals surface area contributed by atoms with Crippen LogP contribution in [0.25, 0.3) is 0 Å². The van der Waals surface area contributed by atoms with Gasteiger partial charge in [0.2, 0.25) is 0 Å². The Hall–Kier alpha value is -0.840. The predicted octanol–water partition coefficient (Wildman–Crippen LogP) is 2.66. The molecule has 21 heavy (non-hydrogen) atoms. The fourth-order valence-electron chi connectivity index (χ4n) is 2.76. The molecule has 120 valence electrons. The quantitative estimate of drug-likeness (QED) is 0.874. The normalized spacial score (nSPS) is 24.5. The summed E-state index contributed by atoms with van der Waals surface area (Å²) in [7, 11) is 0. The van der Waals surface area contributed by atoms with Crippen LogP contribution in [-0.4, -0.2) is 29.5 Å². The van der Waals surface area contributed by atoms with Gasteiger partial charge in [0, 0.05) is 17.8 Å². The molecular formula is C15H25Cl2N3O. The lowest BCUT2D eigenvalue weighted by Gasteiger charge is -2.36. The average Bonchev–Trinajstić information content (AvgIpc) is 2.33. The van der Waals surface area contributed by atoms with E-state index < -0.39 is 0 Å². The van der Waals surface area contributed by atoms with Gasteiger partial charge in [-0.25, -0.2) is 0 Å². The Morgan fingerprint density at radius 3 is 2.52 bits per heavy atom. The van der Waals surface area contributed by atoms with E-state index in [-0.39, 0.29) is 36.8 Å². The maximum absolute atomic E-state index is 12.4. The molecule has 0 saturated carbocycles. The van der Waals surface area contributed by atoms with Gasteiger partial charge in [-0.15, -0.1) is 24.8 Å². The van der Waals surface area contributed by atoms with Crippen molar-refractivity contribution in [1.29, 1.82) is 0 Å². The number of hydrogen-bond donors (Lipinski definition) is 2. The second-order valence-electron chi connectivity index (χ2n) is 5.59. The van der Waals surface area contributed by atoms with Crippen molar-refractivity contribution in [2.45, 2.75) is 46.2 Å². The van der Waals surface area contributed by atoms with Crippen molar-refractivity contribution in [2.75, 3.05) is 6.54 Å². The highest BCUT2D eigenvalue weighted by Crippen LogP contribution is 2.17. The van der Waals surface area contributed by atoms with Gasteiger partial charge < -0.3 is 10.6 Å². The molecule has 3 unspecified atom stereocenters. The molecule has 2 heterocycles. The third-order valence-electron chi connectivity index (χ3n) is 3.99. The molecule has 0 spiro atoms. The molecular weight excluding hydrogens is 309 g/mol. The maximum Gasteiger partial charge on any atom is 0.253 e. The van der Waals surface area contributed by atoms with Crippen molar-refractivity contribution >= 4 is 30.7 Å². The number of nitrogens with zero attached hydrogens (tertiary/aromatic N) is 1. The third kappa shape index (κ3) is 4.83. The lowest BCUT2D eigenvalue weighted by atomic mass is 9.89. The molecule has 6 heteroatoms. The number of aromatic nitrogens is 1. The zero-order valence-corrected chi connectivity index (χ0v) is 14.6. The Labute approximate surface area is 139 Å². The fraction of sp³-hybridized carbons (Fsp3) is 0.600. The molecule has 1 aromatic heterocycles. The van der Waals surface area contributed by atoms with Crippen LogP contribution in [0, 0.1) is 19.8 Å². The highest BCUT2D eigenvalue weighted by atomic mass is 35.5. The molecule has 1 saturated heterocycles. The van der Waals surface area contributed by atoms with Gasteiger partial charge in [-0.1, -0.05) is 6.92 Å². The molecule has 0 aromatic carbocycles. The van der Waals surface area contributed by atoms with Gasteiger partial charge in [0.1, 0.15) is 0 Å². The van der Waals surface area contributed by atoms with Gasteiger partial charge >= 0.3 is 0 Å². The van der Waals surface area contributed by atoms with Crippen molar-refractivity contribution in [2.24, 2.45) is 5.92 Å². The summed E-state index contributed by atoms with van der Waals surface area (Å²) in [6.07, 6.45) is 1.10. The predicted molar refractivity (Wildman–Crippen MR) is 90.7 cm³/mol. The fourth-order valence-corrected chi connectivity index (χ4v) is 2.76. The third-order valence-corrected chi connectivity index (χ3v) is 3.99. The van der Waals surface area contributed by atoms with Gasteiger partial charge in [0.05, 0.1) is 11.3 Å². The van der Waals surface area contributed by atoms with E-state index in [9.17, 15) is 4.79 Å². The minimum Gasteiger partial charge on any atom is -0.347 e. The van der Waals surface area contributed by atoms with Crippen LogP contribution < -0.4 is 10.6 Å². The van der Waals surface area contributed by atoms with E-state index in [1.54, 1.807) is 0 Å². The summed E-state index contributed by atoms with van der Waals surface area (Å²) in [4.78, 5) is 16.7. The largest absolute Gasteiger partial charge is 0.347 e. The SMILES string of the molecule is Cc1ccc(C(=O)NC2C(C)CCNC2C)c(C)n1.Cl.Cl. The molecule has 3 atom stereocenters. The van der Waals surface area contributed by atoms with Crippen LogP contribution >= 0.6 is 24.8 Å². The summed E-state index contributed by atoms with van der Waals surface area (Å²) >= 11 is 0. The first kappa shape index (κ1) is 20.2. The standard InChI is InChI=1S/C15H23N3O.2ClH/c1-9-7-8-16-12(4)14(9)18-15(19)13-6-5-10(2)17-11(13)3;;/h5-6,9,12,14,16H,7-8H2,1-4H3,(H,18,19);2*1H. The smallest absolute Gasteiger partial charge is 0.253 e. The Morgan fingerprint density at radius 1 is 1.29 bits per heavy atom. The van der Waals surface area contributed by atoms with Crippen LogP contribution in [0.5, 0.6) is 0 Å². The van der Waals surface area contributed by atoms with E-state index in [0.717, 1.165) is 24.4 Å². The molecule has 0 bridgehead atoms. The Morgan fingerprint density at radius 2 is 1.95 bits per heavy atom. The summed E-state index contributed by atoms with van der Waals surface area (Å²) in [6, 6.07) is 4.24. The van der Waals surface area contributed by atoms with Gasteiger partial charge in [0.15, 0.2) is 0 Å². The summed E-state index contributed by atoms with van der Waals surface area (Å²) in [5.74, 6) is 0.483. The zero-order chi connectivity index (χ0) is 14.0. The van der Waals surface area contributed by atoms with E-state index in [1.165, 1.54) is 0 Å². The Kier molecular flexibility index (Phi) is 8.22. The molecule has 1 aliphatic rings. The van der Waals surface area contributed by atoms with Crippen LogP contribution in [-0.2, 0) is 0 Å². The summed E-state index contributed by atoms with van der Waals surface area (Å²) in [5, 5.41) is 6.57. The topological polar surface area (TPSA) is 54.0 Å². The van der Waals surface area contributed by atoms with Gasteiger partial charge in [-0.2, -0.15) is 0 Å². The Bertz CT molecular complexity index is 472. The van der Waals surface area contributed by atoms with E-state index in [4.69, 9.17) is 0 Å². The second-order valence-corrected chi connectivity index (χ2v) is 5.59. The molecule has 0 radical (unpaired) electrons. The highest BCUT2D eigenvalue weighted by Gasteiger charge is 2.29. The number of nitrogens with one attached hydrogen (secondary N) is 2. The summed E-state index contributed by atoms with van der Waals surface area (Å²) in [5.41, 5.74) is 2.41. The van der Waals surface area contributed by atoms with Crippen molar-refractivity contribution in [3.8, 4) is 0 Å². The molecule has 2 rings (SSSR count). The first-order valence-corrected chi connectivity index (χ1v) is 6.97. The monoisotopic (exact) mass is 333 g/mol. The number of carbonyl (C=O) groups is 1. The second kappa shape index (κ2) is 8.57. The number of hydrogen-bond acceptors (Lipinski definition) is 3. The van der Waals surface area contributed by atoms with Crippen LogP contribution in [0.2, 0.25) is 0 Å². The van der Waals surface area contributed by atoms with Crippen LogP contribution in [0.15, 0.2) is 12.1 Å². The summed E-state index contributed by atoms with van der Waals surface area (Å²) in [6.45, 7) is 9.17. The number of piperidine rings is 1. The van der Waals surface area contributed by atoms with Crippen molar-refractivity contribution in [3.63, 3.8) is 0 Å². The number of rotatable bonds is 2. The number of pyridine rings is 1. The number of aryl methyl sites for hydroxylation is 2. The minimum absolute atomic E-state index is 0. The van der Waals surface area contributed by atoms with Crippen LogP contribution in [0.4, 0.5) is 0 Å². The molecule has 0 aliphatic carbocycles. The average molecular weight is 334 g/mol. The van der Waals surface area contributed by atoms with Crippen molar-refractivity contribution in [3.05, 3.63) is 29.1 Å². The van der Waals surface area contributed by atoms with E-state index in [2.05, 4.69) is 29.5 Å². The summed E-state index contributed by atoms with van der Waals surface area (Å²) < 4.78 is 0. The molecule has 2 N–H and O–H groups in total. The van der Waals surface area contributed by atoms with Crippen molar-refractivity contribution in [1.82, 2.24) is 15.6 Å². The van der Waals surface area contributed by atoms with Crippen LogP contribution in [0.1, 0.15) is 42.0 Å². The highest BCUT2D eigenvalue weighted by molar-refractivity contribution is 5.95. The number of halogens is 2. The Balaban J connectivity index is 0.00000200. The van der Waals surface area contributed by atoms with Gasteiger partial charge in [0.25, 0.3) is 5.91 Å². The molecule has 1 aromatic rings. The molecule has 1 aliphatic heterocycles. The molecule has 1 fully saturated rings. The lowest BCUT2D eigenvalue weighted by molar-refractivity contribution is 0.0896. The number of carbonyl (C=O) groups excluding carboxylic acids is 1. The van der Waals surface area contributed by atoms with Crippen LogP contribution in [0.3, 0.4) is 0 Å². The van der Waals surface area contributed by atoms with E-state index in [0.29, 0.717) is 17.5 Å². The molecule has 1 amide bonds. The zero-order valence-electron chi connectivity index (χ0n) is 13.0. The van der Waals surface area contributed by atoms with Gasteiger partial charge in [-0.05, 0) is 51.8 Å². The first-order chi connectivity index (χ1) is 8.99. The van der Waals surface area contributed by atoms with E-state index >= 15 is 0 Å². The lowest BCUT2D eigenvalue weighted by Crippen LogP contribution is -2.56. The maximum atomic E-state index is 12.4. The van der Waals surface area contributed by atoms with Gasteiger partial charge in [-0.3, -0.25) is 9.78 Å². The van der Waals surface area contributed by atoms with E-state index in [1.807, 2.05) is 26.0 Å².